The third-order valence-corrected chi connectivity index (χ3v) is 8.58. The third kappa shape index (κ3) is 80.6. The number of rotatable bonds is 12. The van der Waals surface area contributed by atoms with Crippen LogP contribution in [0.2, 0.25) is 0 Å². The first-order chi connectivity index (χ1) is 45.3. The summed E-state index contributed by atoms with van der Waals surface area (Å²) in [5.41, 5.74) is 6.56. The first-order valence-electron chi connectivity index (χ1n) is 24.2. The molecular weight excluding hydrogens is 1750 g/mol. The second-order valence-corrected chi connectivity index (χ2v) is 15.0. The van der Waals surface area contributed by atoms with Crippen molar-refractivity contribution < 1.29 is 211 Å². The Bertz CT molecular complexity index is 2960. The van der Waals surface area contributed by atoms with Gasteiger partial charge in [0.2, 0.25) is 0 Å². The summed E-state index contributed by atoms with van der Waals surface area (Å²) in [6.45, 7) is 2.01. The van der Waals surface area contributed by atoms with Gasteiger partial charge in [-0.15, -0.1) is 80.9 Å². The minimum atomic E-state index is -1.50. The Hall–Kier alpha value is -11.6. The van der Waals surface area contributed by atoms with Gasteiger partial charge < -0.3 is 62.9 Å². The Balaban J connectivity index is -0.000000162. The van der Waals surface area contributed by atoms with E-state index in [1.807, 2.05) is 48.5 Å². The van der Waals surface area contributed by atoms with E-state index in [0.29, 0.717) is 48.4 Å². The predicted molar refractivity (Wildman–Crippen MR) is 309 cm³/mol. The normalized spacial score (nSPS) is 8.16. The second kappa shape index (κ2) is 70.2. The van der Waals surface area contributed by atoms with Crippen molar-refractivity contribution in [3.05, 3.63) is 322 Å². The molecule has 0 aliphatic carbocycles. The summed E-state index contributed by atoms with van der Waals surface area (Å²) >= 11 is 0. The summed E-state index contributed by atoms with van der Waals surface area (Å²) in [5, 5.41) is 120. The van der Waals surface area contributed by atoms with Gasteiger partial charge in [-0.25, -0.2) is 0 Å². The number of pyridine rings is 8. The zero-order valence-electron chi connectivity index (χ0n) is 51.0. The molecule has 0 radical (unpaired) electrons. The smallest absolute Gasteiger partial charge is 0.291 e. The minimum Gasteiger partial charge on any atom is -0.348 e. The standard InChI is InChI=1S/4C12H11N3O.4Cd.8HNO3/c4*16-12(11-3-7-14-8-4-11)15-9-10-1-5-13-6-2-10;;;;;8*2-1(3)4/h4*1-8H,9H2,(H,15,16);;;;;8*(H,2,3,4). The van der Waals surface area contributed by atoms with Crippen molar-refractivity contribution in [2.24, 2.45) is 0 Å². The summed E-state index contributed by atoms with van der Waals surface area (Å²) in [5.74, 6) is -0.392. The summed E-state index contributed by atoms with van der Waals surface area (Å²) in [6.07, 6.45) is 26.4. The Morgan fingerprint density at radius 2 is 0.330 bits per heavy atom. The van der Waals surface area contributed by atoms with Gasteiger partial charge in [0.05, 0.1) is 0 Å². The van der Waals surface area contributed by atoms with E-state index in [9.17, 15) is 19.2 Å². The number of hydrogen-bond acceptors (Lipinski definition) is 28. The van der Waals surface area contributed by atoms with Gasteiger partial charge in [-0.2, -0.15) is 0 Å². The molecule has 0 unspecified atom stereocenters. The number of nitrogens with one attached hydrogen (secondary N) is 4. The topological polar surface area (TPSA) is 726 Å². The van der Waals surface area contributed by atoms with E-state index in [-0.39, 0.29) is 133 Å². The maximum absolute atomic E-state index is 11.7. The van der Waals surface area contributed by atoms with Gasteiger partial charge >= 0.3 is 0 Å². The molecule has 100 heavy (non-hydrogen) atoms. The fourth-order valence-corrected chi connectivity index (χ4v) is 5.15. The van der Waals surface area contributed by atoms with Crippen LogP contribution in [0, 0.1) is 80.9 Å². The molecule has 520 valence electrons. The number of amides is 4. The Morgan fingerprint density at radius 1 is 0.240 bits per heavy atom. The molecule has 0 bridgehead atoms. The maximum atomic E-state index is 11.7. The van der Waals surface area contributed by atoms with Crippen LogP contribution in [0.15, 0.2) is 196 Å². The molecule has 0 aliphatic heterocycles. The molecule has 8 rings (SSSR count). The van der Waals surface area contributed by atoms with Gasteiger partial charge in [0.15, 0.2) is 0 Å². The average molecular weight is 1810 g/mol. The van der Waals surface area contributed by atoms with Crippen LogP contribution in [-0.2, 0) is 135 Å². The fraction of sp³-hybridized carbons (Fsp3) is 0.0833. The molecular formula is C48H52Cd4N20O28. The third-order valence-electron chi connectivity index (χ3n) is 8.58. The number of hydrogen-bond donors (Lipinski definition) is 12. The number of nitrogens with zero attached hydrogens (tertiary/aromatic N) is 16. The second-order valence-electron chi connectivity index (χ2n) is 15.0. The van der Waals surface area contributed by atoms with Crippen LogP contribution in [0.5, 0.6) is 0 Å². The largest absolute Gasteiger partial charge is 0.348 e. The summed E-state index contributed by atoms with van der Waals surface area (Å²) in [7, 11) is 0. The van der Waals surface area contributed by atoms with Crippen LogP contribution in [0.25, 0.3) is 0 Å². The maximum Gasteiger partial charge on any atom is 0.291 e. The van der Waals surface area contributed by atoms with Crippen molar-refractivity contribution >= 4 is 23.6 Å². The molecule has 0 atom stereocenters. The van der Waals surface area contributed by atoms with E-state index < -0.39 is 40.7 Å². The van der Waals surface area contributed by atoms with E-state index in [4.69, 9.17) is 123 Å². The van der Waals surface area contributed by atoms with Crippen LogP contribution >= 0.6 is 0 Å². The van der Waals surface area contributed by atoms with Crippen LogP contribution in [0.1, 0.15) is 63.7 Å². The van der Waals surface area contributed by atoms with Gasteiger partial charge in [0.1, 0.15) is 0 Å². The van der Waals surface area contributed by atoms with Crippen molar-refractivity contribution in [3.63, 3.8) is 0 Å². The van der Waals surface area contributed by atoms with Gasteiger partial charge in [-0.05, 0) is 119 Å². The molecule has 0 saturated carbocycles. The number of aromatic nitrogens is 8. The van der Waals surface area contributed by atoms with E-state index >= 15 is 0 Å². The summed E-state index contributed by atoms with van der Waals surface area (Å²) < 4.78 is 0. The van der Waals surface area contributed by atoms with Gasteiger partial charge in [0.25, 0.3) is 64.3 Å². The summed E-state index contributed by atoms with van der Waals surface area (Å²) in [4.78, 5) is 145. The Morgan fingerprint density at radius 3 is 0.430 bits per heavy atom. The monoisotopic (exact) mass is 1810 g/mol. The van der Waals surface area contributed by atoms with Gasteiger partial charge in [0, 0.05) is 257 Å². The molecule has 4 amide bonds. The molecule has 8 aromatic heterocycles. The van der Waals surface area contributed by atoms with Crippen LogP contribution in [-0.4, -0.2) is 146 Å². The van der Waals surface area contributed by atoms with Crippen molar-refractivity contribution in [2.45, 2.75) is 26.2 Å². The van der Waals surface area contributed by atoms with Gasteiger partial charge in [-0.3, -0.25) is 59.0 Å². The first kappa shape index (κ1) is 104. The number of carbonyl (C=O) groups is 4. The molecule has 0 fully saturated rings. The molecule has 0 aliphatic rings. The first-order valence-corrected chi connectivity index (χ1v) is 24.2. The molecule has 8 aromatic rings. The van der Waals surface area contributed by atoms with Crippen molar-refractivity contribution in [2.75, 3.05) is 0 Å². The van der Waals surface area contributed by atoms with Crippen LogP contribution in [0.3, 0.4) is 0 Å². The van der Waals surface area contributed by atoms with Crippen molar-refractivity contribution in [1.82, 2.24) is 61.1 Å². The van der Waals surface area contributed by atoms with Crippen molar-refractivity contribution in [3.8, 4) is 0 Å². The van der Waals surface area contributed by atoms with E-state index in [2.05, 4.69) is 61.1 Å². The van der Waals surface area contributed by atoms with E-state index in [1.165, 1.54) is 0 Å². The zero-order chi connectivity index (χ0) is 73.5. The van der Waals surface area contributed by atoms with E-state index in [1.54, 1.807) is 148 Å². The van der Waals surface area contributed by atoms with Gasteiger partial charge in [-0.1, -0.05) is 0 Å². The number of carbonyl (C=O) groups excluding carboxylic acids is 4. The minimum absolute atomic E-state index is 0. The van der Waals surface area contributed by atoms with Crippen molar-refractivity contribution in [1.29, 1.82) is 0 Å². The average Bonchev–Trinajstić information content (AvgIpc) is 0.954. The quantitative estimate of drug-likeness (QED) is 0.0475. The molecule has 48 nitrogen and oxygen atoms in total. The molecule has 0 spiro atoms. The Kier molecular flexibility index (Phi) is 73.3. The van der Waals surface area contributed by atoms with Crippen LogP contribution < -0.4 is 21.3 Å². The molecule has 12 N–H and O–H groups in total. The molecule has 52 heteroatoms. The fourth-order valence-electron chi connectivity index (χ4n) is 5.15. The molecule has 8 heterocycles. The van der Waals surface area contributed by atoms with E-state index in [0.717, 1.165) is 22.3 Å². The van der Waals surface area contributed by atoms with Crippen LogP contribution in [0.4, 0.5) is 0 Å². The molecule has 0 saturated heterocycles. The SMILES string of the molecule is O=C(NCc1ccncc1)c1ccncc1.O=C(NCc1ccncc1)c1ccncc1.O=C(NCc1ccncc1)c1ccncc1.O=C(NCc1ccncc1)c1ccncc1.O=[N+]([O-])O.O=[N+]([O-])O.O=[N+]([O-])O.O=[N+]([O-])O.O=[N+]([O-])O.O=[N+]([O-])O.O=[N+]([O-])O.O=[N+]([O-])O.[Cd].[Cd].[Cd].[Cd]. The Labute approximate surface area is 638 Å². The molecule has 0 aromatic carbocycles. The summed E-state index contributed by atoms with van der Waals surface area (Å²) in [6, 6.07) is 28.4. The predicted octanol–water partition coefficient (Wildman–Crippen LogP) is 2.83. The zero-order valence-corrected chi connectivity index (χ0v) is 67.2.